The van der Waals surface area contributed by atoms with Crippen molar-refractivity contribution in [3.63, 3.8) is 0 Å². The Morgan fingerprint density at radius 1 is 1.13 bits per heavy atom. The molecular formula is C23H21N3O2S2. The number of carbonyl (C=O) groups is 1. The van der Waals surface area contributed by atoms with E-state index in [2.05, 4.69) is 29.1 Å². The van der Waals surface area contributed by atoms with Crippen molar-refractivity contribution in [2.24, 2.45) is 0 Å². The average Bonchev–Trinajstić information content (AvgIpc) is 3.18. The molecular weight excluding hydrogens is 414 g/mol. The smallest absolute Gasteiger partial charge is 0.260 e. The van der Waals surface area contributed by atoms with Crippen LogP contribution in [0.5, 0.6) is 0 Å². The maximum absolute atomic E-state index is 12.7. The van der Waals surface area contributed by atoms with E-state index in [0.29, 0.717) is 21.3 Å². The lowest BCUT2D eigenvalue weighted by Crippen LogP contribution is -2.16. The van der Waals surface area contributed by atoms with Gasteiger partial charge in [0.15, 0.2) is 5.16 Å². The number of aromatic nitrogens is 2. The van der Waals surface area contributed by atoms with Gasteiger partial charge in [-0.1, -0.05) is 74.1 Å². The molecule has 0 aliphatic rings. The number of fused-ring (bicyclic) bond motifs is 1. The summed E-state index contributed by atoms with van der Waals surface area (Å²) < 4.78 is 0. The second kappa shape index (κ2) is 8.85. The Morgan fingerprint density at radius 2 is 1.87 bits per heavy atom. The summed E-state index contributed by atoms with van der Waals surface area (Å²) in [6.07, 6.45) is 0. The van der Waals surface area contributed by atoms with Gasteiger partial charge in [0.05, 0.1) is 11.1 Å². The van der Waals surface area contributed by atoms with Crippen LogP contribution in [0, 0.1) is 0 Å². The van der Waals surface area contributed by atoms with Crippen molar-refractivity contribution in [1.82, 2.24) is 9.97 Å². The molecule has 0 saturated carbocycles. The highest BCUT2D eigenvalue weighted by atomic mass is 32.2. The summed E-state index contributed by atoms with van der Waals surface area (Å²) in [6.45, 7) is 4.18. The number of carbonyl (C=O) groups excluding carboxylic acids is 1. The quantitative estimate of drug-likeness (QED) is 0.309. The van der Waals surface area contributed by atoms with Crippen molar-refractivity contribution < 1.29 is 4.79 Å². The monoisotopic (exact) mass is 435 g/mol. The van der Waals surface area contributed by atoms with E-state index in [1.54, 1.807) is 0 Å². The lowest BCUT2D eigenvalue weighted by Gasteiger charge is -2.13. The van der Waals surface area contributed by atoms with Crippen LogP contribution in [0.1, 0.15) is 25.3 Å². The molecule has 0 saturated heterocycles. The van der Waals surface area contributed by atoms with E-state index in [4.69, 9.17) is 0 Å². The Morgan fingerprint density at radius 3 is 2.63 bits per heavy atom. The maximum atomic E-state index is 12.7. The Kier molecular flexibility index (Phi) is 6.01. The van der Waals surface area contributed by atoms with Crippen LogP contribution in [0.25, 0.3) is 21.3 Å². The van der Waals surface area contributed by atoms with Crippen LogP contribution < -0.4 is 10.9 Å². The van der Waals surface area contributed by atoms with Gasteiger partial charge in [-0.2, -0.15) is 0 Å². The maximum Gasteiger partial charge on any atom is 0.260 e. The number of benzene rings is 2. The molecule has 4 rings (SSSR count). The predicted octanol–water partition coefficient (Wildman–Crippen LogP) is 5.51. The number of hydrogen-bond donors (Lipinski definition) is 2. The predicted molar refractivity (Wildman–Crippen MR) is 126 cm³/mol. The lowest BCUT2D eigenvalue weighted by molar-refractivity contribution is -0.113. The zero-order valence-electron chi connectivity index (χ0n) is 16.6. The van der Waals surface area contributed by atoms with E-state index in [-0.39, 0.29) is 17.2 Å². The molecule has 30 heavy (non-hydrogen) atoms. The number of aromatic amines is 1. The van der Waals surface area contributed by atoms with Gasteiger partial charge in [-0.05, 0) is 23.1 Å². The van der Waals surface area contributed by atoms with Gasteiger partial charge >= 0.3 is 0 Å². The van der Waals surface area contributed by atoms with Crippen molar-refractivity contribution in [2.45, 2.75) is 24.9 Å². The van der Waals surface area contributed by atoms with E-state index in [0.717, 1.165) is 22.4 Å². The molecule has 152 valence electrons. The zero-order chi connectivity index (χ0) is 21.1. The van der Waals surface area contributed by atoms with Gasteiger partial charge in [0.25, 0.3) is 5.56 Å². The van der Waals surface area contributed by atoms with Crippen molar-refractivity contribution in [3.8, 4) is 11.1 Å². The largest absolute Gasteiger partial charge is 0.325 e. The van der Waals surface area contributed by atoms with Gasteiger partial charge in [-0.3, -0.25) is 9.59 Å². The molecule has 7 heteroatoms. The molecule has 0 unspecified atom stereocenters. The molecule has 2 heterocycles. The highest BCUT2D eigenvalue weighted by molar-refractivity contribution is 7.99. The van der Waals surface area contributed by atoms with Gasteiger partial charge in [-0.25, -0.2) is 4.98 Å². The lowest BCUT2D eigenvalue weighted by atomic mass is 10.0. The van der Waals surface area contributed by atoms with Gasteiger partial charge < -0.3 is 10.3 Å². The first kappa shape index (κ1) is 20.4. The topological polar surface area (TPSA) is 74.8 Å². The number of hydrogen-bond acceptors (Lipinski definition) is 5. The summed E-state index contributed by atoms with van der Waals surface area (Å²) in [6, 6.07) is 17.6. The van der Waals surface area contributed by atoms with Crippen molar-refractivity contribution in [3.05, 3.63) is 75.9 Å². The molecule has 1 amide bonds. The summed E-state index contributed by atoms with van der Waals surface area (Å²) >= 11 is 2.66. The molecule has 2 aromatic heterocycles. The molecule has 2 aromatic carbocycles. The fourth-order valence-corrected chi connectivity index (χ4v) is 4.93. The molecule has 0 radical (unpaired) electrons. The molecule has 0 atom stereocenters. The van der Waals surface area contributed by atoms with Crippen LogP contribution in [0.2, 0.25) is 0 Å². The summed E-state index contributed by atoms with van der Waals surface area (Å²) in [5.74, 6) is 0.344. The van der Waals surface area contributed by atoms with Crippen LogP contribution in [-0.2, 0) is 4.79 Å². The number of para-hydroxylation sites is 1. The Balaban J connectivity index is 1.50. The van der Waals surface area contributed by atoms with Gasteiger partial charge in [0, 0.05) is 16.6 Å². The molecule has 2 N–H and O–H groups in total. The fourth-order valence-electron chi connectivity index (χ4n) is 3.26. The number of nitrogens with zero attached hydrogens (tertiary/aromatic N) is 1. The highest BCUT2D eigenvalue weighted by Crippen LogP contribution is 2.31. The third kappa shape index (κ3) is 4.32. The van der Waals surface area contributed by atoms with Gasteiger partial charge in [0.2, 0.25) is 5.91 Å². The minimum atomic E-state index is -0.187. The van der Waals surface area contributed by atoms with Crippen molar-refractivity contribution in [1.29, 1.82) is 0 Å². The minimum absolute atomic E-state index is 0.132. The highest BCUT2D eigenvalue weighted by Gasteiger charge is 2.14. The number of rotatable bonds is 6. The third-order valence-corrected chi connectivity index (χ3v) is 6.45. The van der Waals surface area contributed by atoms with Crippen LogP contribution in [0.15, 0.2) is 69.9 Å². The summed E-state index contributed by atoms with van der Waals surface area (Å²) in [4.78, 5) is 33.2. The Hall–Kier alpha value is -2.90. The molecule has 4 aromatic rings. The van der Waals surface area contributed by atoms with Crippen LogP contribution in [0.3, 0.4) is 0 Å². The van der Waals surface area contributed by atoms with E-state index in [9.17, 15) is 9.59 Å². The fraction of sp³-hybridized carbons (Fsp3) is 0.174. The SMILES string of the molecule is CC(C)c1ccccc1NC(=O)CSc1nc2scc(-c3ccccc3)c2c(=O)[nH]1. The standard InChI is InChI=1S/C23H21N3O2S2/c1-14(2)16-10-6-7-11-18(16)24-19(27)13-30-23-25-21(28)20-17(12-29-22(20)26-23)15-8-4-3-5-9-15/h3-12,14H,13H2,1-2H3,(H,24,27)(H,25,26,28). The number of nitrogens with one attached hydrogen (secondary N) is 2. The van der Waals surface area contributed by atoms with E-state index < -0.39 is 0 Å². The Labute approximate surface area is 182 Å². The van der Waals surface area contributed by atoms with Gasteiger partial charge in [-0.15, -0.1) is 11.3 Å². The van der Waals surface area contributed by atoms with Crippen LogP contribution >= 0.6 is 23.1 Å². The molecule has 5 nitrogen and oxygen atoms in total. The van der Waals surface area contributed by atoms with Crippen molar-refractivity contribution >= 4 is 44.9 Å². The van der Waals surface area contributed by atoms with E-state index >= 15 is 0 Å². The second-order valence-electron chi connectivity index (χ2n) is 7.15. The number of H-pyrrole nitrogens is 1. The molecule has 0 fully saturated rings. The van der Waals surface area contributed by atoms with E-state index in [1.807, 2.05) is 60.0 Å². The zero-order valence-corrected chi connectivity index (χ0v) is 18.3. The molecule has 0 aliphatic carbocycles. The minimum Gasteiger partial charge on any atom is -0.325 e. The third-order valence-electron chi connectivity index (χ3n) is 4.70. The van der Waals surface area contributed by atoms with Gasteiger partial charge in [0.1, 0.15) is 4.83 Å². The second-order valence-corrected chi connectivity index (χ2v) is 8.97. The molecule has 0 spiro atoms. The Bertz CT molecular complexity index is 1250. The first-order valence-electron chi connectivity index (χ1n) is 9.61. The summed E-state index contributed by atoms with van der Waals surface area (Å²) in [5, 5.41) is 5.95. The number of amides is 1. The van der Waals surface area contributed by atoms with Crippen LogP contribution in [0.4, 0.5) is 5.69 Å². The average molecular weight is 436 g/mol. The number of anilines is 1. The first-order chi connectivity index (χ1) is 14.5. The van der Waals surface area contributed by atoms with Crippen LogP contribution in [-0.4, -0.2) is 21.6 Å². The summed E-state index contributed by atoms with van der Waals surface area (Å²) in [5.41, 5.74) is 3.59. The van der Waals surface area contributed by atoms with E-state index in [1.165, 1.54) is 23.1 Å². The number of thioether (sulfide) groups is 1. The van der Waals surface area contributed by atoms with Crippen molar-refractivity contribution in [2.75, 3.05) is 11.1 Å². The molecule has 0 bridgehead atoms. The number of thiophene rings is 1. The summed E-state index contributed by atoms with van der Waals surface area (Å²) in [7, 11) is 0. The molecule has 0 aliphatic heterocycles. The first-order valence-corrected chi connectivity index (χ1v) is 11.5. The normalized spacial score (nSPS) is 11.2.